The molecule has 126 valence electrons. The summed E-state index contributed by atoms with van der Waals surface area (Å²) in [6.07, 6.45) is 0.761. The summed E-state index contributed by atoms with van der Waals surface area (Å²) in [5.74, 6) is -0.0237. The van der Waals surface area contributed by atoms with Crippen LogP contribution in [0, 0.1) is 0 Å². The minimum absolute atomic E-state index is 0.233. The first-order valence-electron chi connectivity index (χ1n) is 7.28. The van der Waals surface area contributed by atoms with Gasteiger partial charge >= 0.3 is 0 Å². The molecule has 2 aromatic carbocycles. The van der Waals surface area contributed by atoms with Crippen LogP contribution in [-0.4, -0.2) is 18.4 Å². The lowest BCUT2D eigenvalue weighted by atomic mass is 10.2. The molecule has 0 spiro atoms. The van der Waals surface area contributed by atoms with E-state index in [9.17, 15) is 9.59 Å². The van der Waals surface area contributed by atoms with Crippen molar-refractivity contribution in [2.45, 2.75) is 12.8 Å². The van der Waals surface area contributed by atoms with Crippen molar-refractivity contribution in [3.8, 4) is 5.75 Å². The Kier molecular flexibility index (Phi) is 7.08. The van der Waals surface area contributed by atoms with Crippen LogP contribution in [0.2, 0.25) is 5.02 Å². The van der Waals surface area contributed by atoms with Crippen molar-refractivity contribution in [2.24, 2.45) is 0 Å². The first-order chi connectivity index (χ1) is 11.6. The van der Waals surface area contributed by atoms with Gasteiger partial charge in [-0.3, -0.25) is 20.4 Å². The molecule has 0 saturated carbocycles. The molecule has 0 heterocycles. The second kappa shape index (κ2) is 9.30. The fourth-order valence-corrected chi connectivity index (χ4v) is 2.48. The van der Waals surface area contributed by atoms with E-state index >= 15 is 0 Å². The molecular weight excluding hydrogens is 396 g/mol. The van der Waals surface area contributed by atoms with E-state index in [1.54, 1.807) is 24.3 Å². The number of carbonyl (C=O) groups is 2. The van der Waals surface area contributed by atoms with Crippen LogP contribution >= 0.6 is 27.5 Å². The monoisotopic (exact) mass is 410 g/mol. The number of nitrogens with one attached hydrogen (secondary N) is 2. The number of hydrogen-bond donors (Lipinski definition) is 2. The van der Waals surface area contributed by atoms with E-state index in [4.69, 9.17) is 16.3 Å². The van der Waals surface area contributed by atoms with E-state index in [1.807, 2.05) is 24.3 Å². The molecule has 2 N–H and O–H groups in total. The molecule has 5 nitrogen and oxygen atoms in total. The van der Waals surface area contributed by atoms with Crippen LogP contribution in [0.5, 0.6) is 5.75 Å². The lowest BCUT2D eigenvalue weighted by Crippen LogP contribution is -2.41. The summed E-state index contributed by atoms with van der Waals surface area (Å²) in [5.41, 5.74) is 4.99. The van der Waals surface area contributed by atoms with Gasteiger partial charge in [0.2, 0.25) is 5.91 Å². The van der Waals surface area contributed by atoms with Crippen LogP contribution in [0.25, 0.3) is 0 Å². The summed E-state index contributed by atoms with van der Waals surface area (Å²) >= 11 is 9.27. The van der Waals surface area contributed by atoms with Gasteiger partial charge in [-0.15, -0.1) is 0 Å². The molecule has 0 atom stereocenters. The Labute approximate surface area is 153 Å². The highest BCUT2D eigenvalue weighted by molar-refractivity contribution is 9.10. The smallest absolute Gasteiger partial charge is 0.271 e. The number of benzene rings is 2. The topological polar surface area (TPSA) is 67.4 Å². The Morgan fingerprint density at radius 2 is 1.88 bits per heavy atom. The number of amides is 2. The SMILES string of the molecule is O=C(CCCOc1cccc(Br)c1)NNC(=O)c1ccccc1Cl. The van der Waals surface area contributed by atoms with E-state index in [0.717, 1.165) is 10.2 Å². The van der Waals surface area contributed by atoms with Crippen molar-refractivity contribution in [2.75, 3.05) is 6.61 Å². The van der Waals surface area contributed by atoms with Gasteiger partial charge in [0.1, 0.15) is 5.75 Å². The normalized spacial score (nSPS) is 10.1. The molecular formula is C17H16BrClN2O3. The molecule has 0 aliphatic carbocycles. The van der Waals surface area contributed by atoms with Gasteiger partial charge in [0, 0.05) is 10.9 Å². The van der Waals surface area contributed by atoms with Crippen molar-refractivity contribution in [1.29, 1.82) is 0 Å². The lowest BCUT2D eigenvalue weighted by molar-refractivity contribution is -0.122. The van der Waals surface area contributed by atoms with E-state index in [1.165, 1.54) is 0 Å². The van der Waals surface area contributed by atoms with Gasteiger partial charge in [-0.1, -0.05) is 45.7 Å². The number of halogens is 2. The van der Waals surface area contributed by atoms with Gasteiger partial charge in [-0.25, -0.2) is 0 Å². The first-order valence-corrected chi connectivity index (χ1v) is 8.45. The molecule has 0 bridgehead atoms. The zero-order valence-electron chi connectivity index (χ0n) is 12.7. The molecule has 0 aliphatic rings. The maximum atomic E-state index is 11.9. The summed E-state index contributed by atoms with van der Waals surface area (Å²) in [6.45, 7) is 0.405. The largest absolute Gasteiger partial charge is 0.494 e. The molecule has 2 rings (SSSR count). The van der Waals surface area contributed by atoms with Gasteiger partial charge in [0.15, 0.2) is 0 Å². The van der Waals surface area contributed by atoms with Crippen LogP contribution in [0.15, 0.2) is 53.0 Å². The highest BCUT2D eigenvalue weighted by atomic mass is 79.9. The second-order valence-electron chi connectivity index (χ2n) is 4.89. The van der Waals surface area contributed by atoms with Crippen LogP contribution in [-0.2, 0) is 4.79 Å². The van der Waals surface area contributed by atoms with E-state index in [0.29, 0.717) is 23.6 Å². The van der Waals surface area contributed by atoms with Crippen molar-refractivity contribution in [3.05, 3.63) is 63.6 Å². The molecule has 0 radical (unpaired) electrons. The van der Waals surface area contributed by atoms with E-state index in [-0.39, 0.29) is 12.3 Å². The minimum atomic E-state index is -0.459. The average Bonchev–Trinajstić information content (AvgIpc) is 2.57. The first kappa shape index (κ1) is 18.3. The lowest BCUT2D eigenvalue weighted by Gasteiger charge is -2.09. The Morgan fingerprint density at radius 3 is 2.62 bits per heavy atom. The standard InChI is InChI=1S/C17H16BrClN2O3/c18-12-5-3-6-13(11-12)24-10-4-9-16(22)20-21-17(23)14-7-1-2-8-15(14)19/h1-3,5-8,11H,4,9-10H2,(H,20,22)(H,21,23). The number of hydrazine groups is 1. The Hall–Kier alpha value is -2.05. The second-order valence-corrected chi connectivity index (χ2v) is 6.21. The molecule has 0 unspecified atom stereocenters. The summed E-state index contributed by atoms with van der Waals surface area (Å²) in [4.78, 5) is 23.6. The minimum Gasteiger partial charge on any atom is -0.494 e. The number of rotatable bonds is 6. The van der Waals surface area contributed by atoms with E-state index < -0.39 is 5.91 Å². The average molecular weight is 412 g/mol. The third-order valence-electron chi connectivity index (χ3n) is 3.05. The van der Waals surface area contributed by atoms with Gasteiger partial charge in [-0.05, 0) is 36.8 Å². The summed E-state index contributed by atoms with van der Waals surface area (Å²) in [6, 6.07) is 14.1. The fraction of sp³-hybridized carbons (Fsp3) is 0.176. The molecule has 2 amide bonds. The number of carbonyl (C=O) groups excluding carboxylic acids is 2. The van der Waals surface area contributed by atoms with Crippen molar-refractivity contribution >= 4 is 39.3 Å². The Bertz CT molecular complexity index is 724. The van der Waals surface area contributed by atoms with Crippen molar-refractivity contribution in [1.82, 2.24) is 10.9 Å². The van der Waals surface area contributed by atoms with Gasteiger partial charge < -0.3 is 4.74 Å². The maximum absolute atomic E-state index is 11.9. The van der Waals surface area contributed by atoms with Gasteiger partial charge in [0.25, 0.3) is 5.91 Å². The van der Waals surface area contributed by atoms with Gasteiger partial charge in [0.05, 0.1) is 17.2 Å². The van der Waals surface area contributed by atoms with Crippen LogP contribution in [0.4, 0.5) is 0 Å². The number of hydrogen-bond acceptors (Lipinski definition) is 3. The molecule has 0 aliphatic heterocycles. The third-order valence-corrected chi connectivity index (χ3v) is 3.87. The molecule has 0 fully saturated rings. The Morgan fingerprint density at radius 1 is 1.08 bits per heavy atom. The summed E-state index contributed by atoms with van der Waals surface area (Å²) in [7, 11) is 0. The third kappa shape index (κ3) is 5.86. The predicted molar refractivity (Wildman–Crippen MR) is 95.9 cm³/mol. The number of ether oxygens (including phenoxy) is 1. The van der Waals surface area contributed by atoms with Gasteiger partial charge in [-0.2, -0.15) is 0 Å². The quantitative estimate of drug-likeness (QED) is 0.562. The van der Waals surface area contributed by atoms with Crippen LogP contribution in [0.3, 0.4) is 0 Å². The van der Waals surface area contributed by atoms with E-state index in [2.05, 4.69) is 26.8 Å². The molecule has 2 aromatic rings. The zero-order chi connectivity index (χ0) is 17.4. The Balaban J connectivity index is 1.66. The summed E-state index contributed by atoms with van der Waals surface area (Å²) < 4.78 is 6.46. The molecule has 24 heavy (non-hydrogen) atoms. The fourth-order valence-electron chi connectivity index (χ4n) is 1.88. The van der Waals surface area contributed by atoms with Crippen molar-refractivity contribution < 1.29 is 14.3 Å². The van der Waals surface area contributed by atoms with Crippen LogP contribution in [0.1, 0.15) is 23.2 Å². The highest BCUT2D eigenvalue weighted by Crippen LogP contribution is 2.18. The molecule has 7 heteroatoms. The zero-order valence-corrected chi connectivity index (χ0v) is 15.1. The predicted octanol–water partition coefficient (Wildman–Crippen LogP) is 3.72. The highest BCUT2D eigenvalue weighted by Gasteiger charge is 2.10. The van der Waals surface area contributed by atoms with Crippen molar-refractivity contribution in [3.63, 3.8) is 0 Å². The summed E-state index contributed by atoms with van der Waals surface area (Å²) in [5, 5.41) is 0.326. The molecule has 0 saturated heterocycles. The van der Waals surface area contributed by atoms with Crippen LogP contribution < -0.4 is 15.6 Å². The molecule has 0 aromatic heterocycles. The maximum Gasteiger partial charge on any atom is 0.271 e.